The molecule has 2 amide bonds. The first-order valence-electron chi connectivity index (χ1n) is 7.13. The van der Waals surface area contributed by atoms with E-state index >= 15 is 0 Å². The molecule has 2 N–H and O–H groups in total. The third-order valence-electron chi connectivity index (χ3n) is 3.18. The summed E-state index contributed by atoms with van der Waals surface area (Å²) in [7, 11) is 0. The molecule has 1 aromatic carbocycles. The molecule has 0 fully saturated rings. The SMILES string of the molecule is CC(=O)N[C@@H](CC(=O)NCc1cccnc1)c1ccccc1. The summed E-state index contributed by atoms with van der Waals surface area (Å²) in [5.41, 5.74) is 1.85. The standard InChI is InChI=1S/C17H19N3O2/c1-13(21)20-16(15-7-3-2-4-8-15)10-17(22)19-12-14-6-5-9-18-11-14/h2-9,11,16H,10,12H2,1H3,(H,19,22)(H,20,21)/t16-/m0/s1. The lowest BCUT2D eigenvalue weighted by Gasteiger charge is -2.18. The van der Waals surface area contributed by atoms with Gasteiger partial charge in [-0.15, -0.1) is 0 Å². The number of carbonyl (C=O) groups excluding carboxylic acids is 2. The van der Waals surface area contributed by atoms with Gasteiger partial charge in [-0.05, 0) is 17.2 Å². The van der Waals surface area contributed by atoms with Gasteiger partial charge in [0.05, 0.1) is 12.5 Å². The van der Waals surface area contributed by atoms with Gasteiger partial charge in [-0.2, -0.15) is 0 Å². The zero-order valence-corrected chi connectivity index (χ0v) is 12.5. The molecule has 2 aromatic rings. The zero-order chi connectivity index (χ0) is 15.8. The Hall–Kier alpha value is -2.69. The number of nitrogens with zero attached hydrogens (tertiary/aromatic N) is 1. The number of hydrogen-bond donors (Lipinski definition) is 2. The molecule has 1 heterocycles. The van der Waals surface area contributed by atoms with Crippen molar-refractivity contribution in [3.05, 3.63) is 66.0 Å². The highest BCUT2D eigenvalue weighted by atomic mass is 16.2. The highest BCUT2D eigenvalue weighted by molar-refractivity contribution is 5.79. The molecule has 0 bridgehead atoms. The summed E-state index contributed by atoms with van der Waals surface area (Å²) in [6.07, 6.45) is 3.60. The molecule has 1 aromatic heterocycles. The number of aromatic nitrogens is 1. The molecular formula is C17H19N3O2. The smallest absolute Gasteiger partial charge is 0.222 e. The maximum Gasteiger partial charge on any atom is 0.222 e. The zero-order valence-electron chi connectivity index (χ0n) is 12.5. The second-order valence-corrected chi connectivity index (χ2v) is 5.01. The quantitative estimate of drug-likeness (QED) is 0.856. The fraction of sp³-hybridized carbons (Fsp3) is 0.235. The third-order valence-corrected chi connectivity index (χ3v) is 3.18. The first-order chi connectivity index (χ1) is 10.6. The summed E-state index contributed by atoms with van der Waals surface area (Å²) in [5, 5.41) is 5.66. The summed E-state index contributed by atoms with van der Waals surface area (Å²) < 4.78 is 0. The van der Waals surface area contributed by atoms with Crippen LogP contribution in [0.3, 0.4) is 0 Å². The minimum atomic E-state index is -0.326. The number of hydrogen-bond acceptors (Lipinski definition) is 3. The Labute approximate surface area is 129 Å². The molecule has 0 unspecified atom stereocenters. The molecule has 0 saturated carbocycles. The lowest BCUT2D eigenvalue weighted by atomic mass is 10.0. The van der Waals surface area contributed by atoms with Crippen molar-refractivity contribution < 1.29 is 9.59 Å². The molecular weight excluding hydrogens is 278 g/mol. The maximum absolute atomic E-state index is 12.1. The van der Waals surface area contributed by atoms with Crippen molar-refractivity contribution in [2.24, 2.45) is 0 Å². The topological polar surface area (TPSA) is 71.1 Å². The number of amides is 2. The number of carbonyl (C=O) groups is 2. The van der Waals surface area contributed by atoms with E-state index in [9.17, 15) is 9.59 Å². The van der Waals surface area contributed by atoms with Crippen LogP contribution < -0.4 is 10.6 Å². The number of pyridine rings is 1. The Morgan fingerprint density at radius 2 is 1.91 bits per heavy atom. The molecule has 0 aliphatic heterocycles. The van der Waals surface area contributed by atoms with E-state index in [1.165, 1.54) is 6.92 Å². The van der Waals surface area contributed by atoms with E-state index in [1.807, 2.05) is 42.5 Å². The van der Waals surface area contributed by atoms with Gasteiger partial charge < -0.3 is 10.6 Å². The monoisotopic (exact) mass is 297 g/mol. The Morgan fingerprint density at radius 1 is 1.14 bits per heavy atom. The first kappa shape index (κ1) is 15.7. The van der Waals surface area contributed by atoms with Crippen LogP contribution in [0.1, 0.15) is 30.5 Å². The van der Waals surface area contributed by atoms with Gasteiger partial charge in [0.25, 0.3) is 0 Å². The molecule has 1 atom stereocenters. The minimum Gasteiger partial charge on any atom is -0.352 e. The fourth-order valence-electron chi connectivity index (χ4n) is 2.14. The Balaban J connectivity index is 1.95. The van der Waals surface area contributed by atoms with Crippen molar-refractivity contribution in [1.82, 2.24) is 15.6 Å². The summed E-state index contributed by atoms with van der Waals surface area (Å²) in [4.78, 5) is 27.4. The van der Waals surface area contributed by atoms with E-state index in [2.05, 4.69) is 15.6 Å². The molecule has 22 heavy (non-hydrogen) atoms. The van der Waals surface area contributed by atoms with E-state index in [1.54, 1.807) is 12.4 Å². The van der Waals surface area contributed by atoms with Gasteiger partial charge in [0, 0.05) is 25.9 Å². The predicted octanol–water partition coefficient (Wildman–Crippen LogP) is 1.97. The molecule has 0 saturated heterocycles. The number of nitrogens with one attached hydrogen (secondary N) is 2. The summed E-state index contributed by atoms with van der Waals surface area (Å²) in [5.74, 6) is -0.277. The van der Waals surface area contributed by atoms with E-state index in [0.717, 1.165) is 11.1 Å². The average Bonchev–Trinajstić information content (AvgIpc) is 2.54. The summed E-state index contributed by atoms with van der Waals surface area (Å²) >= 11 is 0. The van der Waals surface area contributed by atoms with Crippen molar-refractivity contribution in [2.45, 2.75) is 25.9 Å². The Morgan fingerprint density at radius 3 is 2.55 bits per heavy atom. The van der Waals surface area contributed by atoms with Crippen LogP contribution in [0.25, 0.3) is 0 Å². The summed E-state index contributed by atoms with van der Waals surface area (Å²) in [6.45, 7) is 1.87. The van der Waals surface area contributed by atoms with Crippen LogP contribution in [0.2, 0.25) is 0 Å². The molecule has 5 heteroatoms. The van der Waals surface area contributed by atoms with Crippen LogP contribution in [0, 0.1) is 0 Å². The van der Waals surface area contributed by atoms with E-state index < -0.39 is 0 Å². The van der Waals surface area contributed by atoms with Gasteiger partial charge in [0.15, 0.2) is 0 Å². The average molecular weight is 297 g/mol. The van der Waals surface area contributed by atoms with Gasteiger partial charge in [-0.3, -0.25) is 14.6 Å². The Bertz CT molecular complexity index is 614. The predicted molar refractivity (Wildman–Crippen MR) is 83.7 cm³/mol. The lowest BCUT2D eigenvalue weighted by Crippen LogP contribution is -2.32. The maximum atomic E-state index is 12.1. The minimum absolute atomic E-state index is 0.119. The van der Waals surface area contributed by atoms with Gasteiger partial charge in [0.1, 0.15) is 0 Å². The fourth-order valence-corrected chi connectivity index (χ4v) is 2.14. The molecule has 114 valence electrons. The molecule has 0 aliphatic carbocycles. The highest BCUT2D eigenvalue weighted by Crippen LogP contribution is 2.16. The summed E-state index contributed by atoms with van der Waals surface area (Å²) in [6, 6.07) is 12.9. The van der Waals surface area contributed by atoms with Crippen molar-refractivity contribution >= 4 is 11.8 Å². The molecule has 0 spiro atoms. The van der Waals surface area contributed by atoms with Crippen LogP contribution in [0.4, 0.5) is 0 Å². The largest absolute Gasteiger partial charge is 0.352 e. The normalized spacial score (nSPS) is 11.5. The van der Waals surface area contributed by atoms with Crippen molar-refractivity contribution in [1.29, 1.82) is 0 Å². The van der Waals surface area contributed by atoms with Gasteiger partial charge >= 0.3 is 0 Å². The van der Waals surface area contributed by atoms with Crippen LogP contribution in [-0.4, -0.2) is 16.8 Å². The lowest BCUT2D eigenvalue weighted by molar-refractivity contribution is -0.122. The van der Waals surface area contributed by atoms with Crippen LogP contribution in [-0.2, 0) is 16.1 Å². The van der Waals surface area contributed by atoms with Crippen molar-refractivity contribution in [2.75, 3.05) is 0 Å². The van der Waals surface area contributed by atoms with E-state index in [-0.39, 0.29) is 24.3 Å². The Kier molecular flexibility index (Phi) is 5.65. The van der Waals surface area contributed by atoms with Crippen molar-refractivity contribution in [3.63, 3.8) is 0 Å². The van der Waals surface area contributed by atoms with E-state index in [0.29, 0.717) is 6.54 Å². The first-order valence-corrected chi connectivity index (χ1v) is 7.13. The van der Waals surface area contributed by atoms with E-state index in [4.69, 9.17) is 0 Å². The second kappa shape index (κ2) is 7.93. The van der Waals surface area contributed by atoms with Crippen LogP contribution in [0.15, 0.2) is 54.9 Å². The molecule has 5 nitrogen and oxygen atoms in total. The molecule has 0 radical (unpaired) electrons. The number of rotatable bonds is 6. The van der Waals surface area contributed by atoms with Gasteiger partial charge in [-0.1, -0.05) is 36.4 Å². The van der Waals surface area contributed by atoms with Gasteiger partial charge in [-0.25, -0.2) is 0 Å². The third kappa shape index (κ3) is 5.01. The van der Waals surface area contributed by atoms with Crippen molar-refractivity contribution in [3.8, 4) is 0 Å². The van der Waals surface area contributed by atoms with Crippen LogP contribution in [0.5, 0.6) is 0 Å². The highest BCUT2D eigenvalue weighted by Gasteiger charge is 2.16. The van der Waals surface area contributed by atoms with Gasteiger partial charge in [0.2, 0.25) is 11.8 Å². The second-order valence-electron chi connectivity index (χ2n) is 5.01. The molecule has 0 aliphatic rings. The van der Waals surface area contributed by atoms with Crippen LogP contribution >= 0.6 is 0 Å². The molecule has 2 rings (SSSR count). The number of benzene rings is 1.